The topological polar surface area (TPSA) is 46.1 Å². The van der Waals surface area contributed by atoms with Gasteiger partial charge >= 0.3 is 5.97 Å². The van der Waals surface area contributed by atoms with Gasteiger partial charge in [-0.15, -0.1) is 0 Å². The first kappa shape index (κ1) is 21.7. The number of carboxylic acids is 1. The number of hydrogen-bond donors (Lipinski definition) is 1. The molecule has 0 saturated carbocycles. The fraction of sp³-hybridized carbons (Fsp3) is 0.810. The fourth-order valence-electron chi connectivity index (χ4n) is 3.33. The summed E-state index contributed by atoms with van der Waals surface area (Å²) in [6, 6.07) is 0. The lowest BCUT2D eigenvalue weighted by atomic mass is 10.1. The number of carbonyl (C=O) groups is 1. The minimum Gasteiger partial charge on any atom is -0.481 e. The first-order valence-corrected chi connectivity index (χ1v) is 10.5. The summed E-state index contributed by atoms with van der Waals surface area (Å²) in [5, 5.41) is 8.94. The number of aryl methyl sites for hydroxylation is 2. The van der Waals surface area contributed by atoms with Crippen molar-refractivity contribution in [3.05, 3.63) is 18.2 Å². The molecule has 1 rings (SSSR count). The summed E-state index contributed by atoms with van der Waals surface area (Å²) in [4.78, 5) is 10.9. The van der Waals surface area contributed by atoms with Crippen molar-refractivity contribution in [3.63, 3.8) is 0 Å². The van der Waals surface area contributed by atoms with Gasteiger partial charge in [0.15, 0.2) is 0 Å². The molecule has 0 amide bonds. The summed E-state index contributed by atoms with van der Waals surface area (Å²) in [6.07, 6.45) is 19.9. The van der Waals surface area contributed by atoms with Gasteiger partial charge in [-0.1, -0.05) is 71.6 Å². The molecule has 0 aliphatic rings. The quantitative estimate of drug-likeness (QED) is 0.332. The van der Waals surface area contributed by atoms with E-state index in [4.69, 9.17) is 5.11 Å². The van der Waals surface area contributed by atoms with Gasteiger partial charge < -0.3 is 5.11 Å². The van der Waals surface area contributed by atoms with Crippen LogP contribution in [-0.2, 0) is 24.3 Å². The monoisotopic (exact) mass is 351 g/mol. The van der Waals surface area contributed by atoms with Crippen molar-refractivity contribution in [1.82, 2.24) is 4.57 Å². The van der Waals surface area contributed by atoms with Gasteiger partial charge in [-0.25, -0.2) is 9.13 Å². The average molecular weight is 352 g/mol. The van der Waals surface area contributed by atoms with Crippen molar-refractivity contribution in [2.45, 2.75) is 110 Å². The highest BCUT2D eigenvalue weighted by Crippen LogP contribution is 2.11. The zero-order chi connectivity index (χ0) is 18.3. The van der Waals surface area contributed by atoms with Gasteiger partial charge in [-0.2, -0.15) is 0 Å². The summed E-state index contributed by atoms with van der Waals surface area (Å²) >= 11 is 0. The smallest absolute Gasteiger partial charge is 0.307 e. The normalized spacial score (nSPS) is 11.1. The zero-order valence-corrected chi connectivity index (χ0v) is 16.5. The fourth-order valence-corrected chi connectivity index (χ4v) is 3.33. The maximum absolute atomic E-state index is 10.9. The Kier molecular flexibility index (Phi) is 12.1. The van der Waals surface area contributed by atoms with Crippen molar-refractivity contribution in [2.24, 2.45) is 0 Å². The van der Waals surface area contributed by atoms with Crippen molar-refractivity contribution in [1.29, 1.82) is 0 Å². The molecule has 1 aromatic heterocycles. The highest BCUT2D eigenvalue weighted by molar-refractivity contribution is 5.66. The van der Waals surface area contributed by atoms with Crippen LogP contribution in [0.15, 0.2) is 12.4 Å². The standard InChI is InChI=1S/C21H38N2O2/c1-3-5-7-8-9-10-11-12-13-14-20-22(16-6-4-2)18-19-23(20)17-15-21(24)25/h18-19H,3-17H2,1-2H3/p+1. The van der Waals surface area contributed by atoms with Gasteiger partial charge in [-0.3, -0.25) is 4.79 Å². The summed E-state index contributed by atoms with van der Waals surface area (Å²) < 4.78 is 4.48. The van der Waals surface area contributed by atoms with Crippen LogP contribution in [0.2, 0.25) is 0 Å². The SMILES string of the molecule is CCCCCCCCCCCc1n(CCC(=O)O)cc[n+]1CCCC. The number of unbranched alkanes of at least 4 members (excludes halogenated alkanes) is 9. The minimum atomic E-state index is -0.720. The van der Waals surface area contributed by atoms with Crippen LogP contribution in [0.4, 0.5) is 0 Å². The predicted molar refractivity (Wildman–Crippen MR) is 103 cm³/mol. The number of aromatic nitrogens is 2. The van der Waals surface area contributed by atoms with Crippen molar-refractivity contribution >= 4 is 5.97 Å². The average Bonchev–Trinajstić information content (AvgIpc) is 2.98. The molecule has 0 fully saturated rings. The Morgan fingerprint density at radius 3 is 2.16 bits per heavy atom. The summed E-state index contributed by atoms with van der Waals surface area (Å²) in [7, 11) is 0. The van der Waals surface area contributed by atoms with E-state index >= 15 is 0 Å². The third kappa shape index (κ3) is 9.66. The molecule has 0 aromatic carbocycles. The third-order valence-corrected chi connectivity index (χ3v) is 4.91. The van der Waals surface area contributed by atoms with Gasteiger partial charge in [-0.05, 0) is 12.8 Å². The molecule has 0 aliphatic heterocycles. The Bertz CT molecular complexity index is 468. The Labute approximate surface area is 154 Å². The van der Waals surface area contributed by atoms with E-state index in [-0.39, 0.29) is 6.42 Å². The van der Waals surface area contributed by atoms with Crippen LogP contribution in [0.25, 0.3) is 0 Å². The summed E-state index contributed by atoms with van der Waals surface area (Å²) in [6.45, 7) is 6.10. The van der Waals surface area contributed by atoms with Gasteiger partial charge in [0.1, 0.15) is 18.9 Å². The van der Waals surface area contributed by atoms with Crippen molar-refractivity contribution in [2.75, 3.05) is 0 Å². The van der Waals surface area contributed by atoms with E-state index in [1.54, 1.807) is 0 Å². The van der Waals surface area contributed by atoms with Crippen LogP contribution in [0.5, 0.6) is 0 Å². The Balaban J connectivity index is 2.35. The number of nitrogens with zero attached hydrogens (tertiary/aromatic N) is 2. The molecule has 144 valence electrons. The van der Waals surface area contributed by atoms with E-state index in [1.807, 2.05) is 0 Å². The van der Waals surface area contributed by atoms with E-state index < -0.39 is 5.97 Å². The lowest BCUT2D eigenvalue weighted by Gasteiger charge is -2.05. The van der Waals surface area contributed by atoms with Gasteiger partial charge in [0.2, 0.25) is 0 Å². The van der Waals surface area contributed by atoms with Gasteiger partial charge in [0, 0.05) is 6.42 Å². The lowest BCUT2D eigenvalue weighted by molar-refractivity contribution is -0.704. The summed E-state index contributed by atoms with van der Waals surface area (Å²) in [5.74, 6) is 0.584. The first-order chi connectivity index (χ1) is 12.2. The molecule has 0 atom stereocenters. The molecule has 1 N–H and O–H groups in total. The lowest BCUT2D eigenvalue weighted by Crippen LogP contribution is -2.37. The van der Waals surface area contributed by atoms with E-state index in [0.717, 1.165) is 13.0 Å². The minimum absolute atomic E-state index is 0.202. The second-order valence-corrected chi connectivity index (χ2v) is 7.18. The van der Waals surface area contributed by atoms with E-state index in [2.05, 4.69) is 35.4 Å². The Morgan fingerprint density at radius 1 is 0.960 bits per heavy atom. The largest absolute Gasteiger partial charge is 0.481 e. The number of imidazole rings is 1. The molecule has 0 saturated heterocycles. The second-order valence-electron chi connectivity index (χ2n) is 7.18. The molecule has 0 spiro atoms. The summed E-state index contributed by atoms with van der Waals surface area (Å²) in [5.41, 5.74) is 0. The maximum Gasteiger partial charge on any atom is 0.307 e. The Morgan fingerprint density at radius 2 is 1.56 bits per heavy atom. The van der Waals surface area contributed by atoms with Crippen LogP contribution in [0.3, 0.4) is 0 Å². The molecule has 1 heterocycles. The molecule has 1 aromatic rings. The number of hydrogen-bond acceptors (Lipinski definition) is 1. The van der Waals surface area contributed by atoms with Crippen LogP contribution >= 0.6 is 0 Å². The third-order valence-electron chi connectivity index (χ3n) is 4.91. The van der Waals surface area contributed by atoms with Crippen molar-refractivity contribution in [3.8, 4) is 0 Å². The van der Waals surface area contributed by atoms with Gasteiger partial charge in [0.25, 0.3) is 5.82 Å². The number of rotatable bonds is 16. The van der Waals surface area contributed by atoms with E-state index in [1.165, 1.54) is 76.5 Å². The van der Waals surface area contributed by atoms with E-state index in [0.29, 0.717) is 6.54 Å². The second kappa shape index (κ2) is 13.9. The molecular weight excluding hydrogens is 312 g/mol. The number of aliphatic carboxylic acids is 1. The van der Waals surface area contributed by atoms with Crippen molar-refractivity contribution < 1.29 is 14.5 Å². The maximum atomic E-state index is 10.9. The van der Waals surface area contributed by atoms with Crippen LogP contribution in [0, 0.1) is 0 Å². The van der Waals surface area contributed by atoms with Crippen LogP contribution < -0.4 is 4.57 Å². The molecule has 0 radical (unpaired) electrons. The Hall–Kier alpha value is -1.32. The van der Waals surface area contributed by atoms with E-state index in [9.17, 15) is 4.79 Å². The highest BCUT2D eigenvalue weighted by Gasteiger charge is 2.17. The predicted octanol–water partition coefficient (Wildman–Crippen LogP) is 5.12. The molecule has 25 heavy (non-hydrogen) atoms. The molecule has 0 bridgehead atoms. The van der Waals surface area contributed by atoms with Crippen LogP contribution in [-0.4, -0.2) is 15.6 Å². The molecular formula is C21H39N2O2+. The molecule has 0 unspecified atom stereocenters. The highest BCUT2D eigenvalue weighted by atomic mass is 16.4. The molecule has 4 nitrogen and oxygen atoms in total. The zero-order valence-electron chi connectivity index (χ0n) is 16.5. The van der Waals surface area contributed by atoms with Gasteiger partial charge in [0.05, 0.1) is 13.0 Å². The number of carboxylic acid groups (broad SMARTS) is 1. The first-order valence-electron chi connectivity index (χ1n) is 10.5. The van der Waals surface area contributed by atoms with Crippen LogP contribution in [0.1, 0.15) is 96.7 Å². The molecule has 0 aliphatic carbocycles. The molecule has 4 heteroatoms.